The van der Waals surface area contributed by atoms with Gasteiger partial charge < -0.3 is 26.0 Å². The summed E-state index contributed by atoms with van der Waals surface area (Å²) in [5.41, 5.74) is -0.200. The molecule has 0 aromatic heterocycles. The summed E-state index contributed by atoms with van der Waals surface area (Å²) in [5.74, 6) is -6.00. The minimum Gasteiger partial charge on any atom is -0.458 e. The van der Waals surface area contributed by atoms with Crippen molar-refractivity contribution < 1.29 is 37.9 Å². The molecule has 1 aromatic rings. The van der Waals surface area contributed by atoms with Gasteiger partial charge in [0.2, 0.25) is 11.8 Å². The highest BCUT2D eigenvalue weighted by atomic mass is 19.1. The second-order valence-corrected chi connectivity index (χ2v) is 9.26. The Morgan fingerprint density at radius 3 is 2.41 bits per heavy atom. The van der Waals surface area contributed by atoms with E-state index in [9.17, 15) is 33.2 Å². The average Bonchev–Trinajstić information content (AvgIpc) is 2.83. The van der Waals surface area contributed by atoms with Crippen molar-refractivity contribution in [1.82, 2.24) is 16.0 Å². The first-order valence-electron chi connectivity index (χ1n) is 12.1. The van der Waals surface area contributed by atoms with Crippen molar-refractivity contribution in [2.24, 2.45) is 11.8 Å². The molecule has 37 heavy (non-hydrogen) atoms. The fourth-order valence-electron chi connectivity index (χ4n) is 3.83. The zero-order valence-corrected chi connectivity index (χ0v) is 21.1. The highest BCUT2D eigenvalue weighted by Gasteiger charge is 2.33. The first-order chi connectivity index (χ1) is 17.5. The van der Waals surface area contributed by atoms with E-state index in [0.717, 1.165) is 13.0 Å². The highest BCUT2D eigenvalue weighted by molar-refractivity contribution is 6.40. The van der Waals surface area contributed by atoms with E-state index in [1.807, 2.05) is 0 Å². The number of esters is 1. The Labute approximate surface area is 214 Å². The summed E-state index contributed by atoms with van der Waals surface area (Å²) in [7, 11) is 0. The predicted molar refractivity (Wildman–Crippen MR) is 130 cm³/mol. The number of hydrogen-bond acceptors (Lipinski definition) is 7. The zero-order valence-electron chi connectivity index (χ0n) is 21.1. The van der Waals surface area contributed by atoms with Crippen LogP contribution in [0, 0.1) is 17.7 Å². The molecule has 0 unspecified atom stereocenters. The smallest absolute Gasteiger partial charge is 0.313 e. The summed E-state index contributed by atoms with van der Waals surface area (Å²) in [6, 6.07) is 2.92. The fraction of sp³-hybridized carbons (Fsp3) is 0.520. The number of carbonyl (C=O) groups excluding carboxylic acids is 6. The average molecular weight is 521 g/mol. The molecule has 0 aliphatic carbocycles. The van der Waals surface area contributed by atoms with Crippen LogP contribution in [0.4, 0.5) is 10.1 Å². The zero-order chi connectivity index (χ0) is 27.5. The Morgan fingerprint density at radius 2 is 1.78 bits per heavy atom. The molecule has 4 N–H and O–H groups in total. The van der Waals surface area contributed by atoms with Gasteiger partial charge >= 0.3 is 17.8 Å². The van der Waals surface area contributed by atoms with Gasteiger partial charge in [-0.2, -0.15) is 0 Å². The lowest BCUT2D eigenvalue weighted by Gasteiger charge is -2.28. The van der Waals surface area contributed by atoms with Crippen molar-refractivity contribution in [3.8, 4) is 0 Å². The lowest BCUT2D eigenvalue weighted by molar-refractivity contribution is -0.147. The molecule has 12 heteroatoms. The predicted octanol–water partition coefficient (Wildman–Crippen LogP) is 0.828. The number of rotatable bonds is 11. The number of carbonyl (C=O) groups is 6. The lowest BCUT2D eigenvalue weighted by atomic mass is 9.90. The van der Waals surface area contributed by atoms with Crippen molar-refractivity contribution >= 4 is 41.1 Å². The van der Waals surface area contributed by atoms with E-state index in [2.05, 4.69) is 21.3 Å². The molecule has 1 aliphatic rings. The summed E-state index contributed by atoms with van der Waals surface area (Å²) in [4.78, 5) is 74.1. The number of halogens is 1. The van der Waals surface area contributed by atoms with Crippen LogP contribution in [0.15, 0.2) is 24.3 Å². The SMILES string of the molecule is CC(=O)OCC(=O)[C@H](C[C@@H]1CCCNC1=O)NC(=O)[C@H](CC(C)C)NC(=O)C(=O)Nc1ccccc1F. The van der Waals surface area contributed by atoms with E-state index < -0.39 is 59.9 Å². The van der Waals surface area contributed by atoms with E-state index in [0.29, 0.717) is 19.4 Å². The second-order valence-electron chi connectivity index (χ2n) is 9.26. The number of ether oxygens (including phenoxy) is 1. The Kier molecular flexibility index (Phi) is 11.2. The van der Waals surface area contributed by atoms with Crippen LogP contribution in [0.1, 0.15) is 46.5 Å². The summed E-state index contributed by atoms with van der Waals surface area (Å²) < 4.78 is 18.6. The van der Waals surface area contributed by atoms with E-state index >= 15 is 0 Å². The number of Topliss-reactive ketones (excluding diaryl/α,β-unsaturated/α-hetero) is 1. The largest absolute Gasteiger partial charge is 0.458 e. The quantitative estimate of drug-likeness (QED) is 0.248. The molecule has 202 valence electrons. The Bertz CT molecular complexity index is 1030. The lowest BCUT2D eigenvalue weighted by Crippen LogP contribution is -2.55. The molecule has 0 radical (unpaired) electrons. The second kappa shape index (κ2) is 14.0. The molecule has 1 saturated heterocycles. The number of piperidine rings is 1. The monoisotopic (exact) mass is 520 g/mol. The standard InChI is InChI=1S/C25H33FN4O7/c1-14(2)11-20(30-25(36)24(35)28-18-9-5-4-8-17(18)26)23(34)29-19(21(32)13-37-15(3)31)12-16-7-6-10-27-22(16)33/h4-5,8-9,14,16,19-20H,6-7,10-13H2,1-3H3,(H,27,33)(H,28,35)(H,29,34)(H,30,36)/t16-,19-,20-/m0/s1. The first-order valence-corrected chi connectivity index (χ1v) is 12.1. The molecule has 11 nitrogen and oxygen atoms in total. The summed E-state index contributed by atoms with van der Waals surface area (Å²) in [6.45, 7) is 4.64. The van der Waals surface area contributed by atoms with E-state index in [1.165, 1.54) is 18.2 Å². The molecule has 3 atom stereocenters. The van der Waals surface area contributed by atoms with Crippen LogP contribution in [0.3, 0.4) is 0 Å². The number of anilines is 1. The molecule has 1 heterocycles. The molecular weight excluding hydrogens is 487 g/mol. The maximum Gasteiger partial charge on any atom is 0.313 e. The molecule has 2 rings (SSSR count). The van der Waals surface area contributed by atoms with Gasteiger partial charge in [0.05, 0.1) is 11.7 Å². The summed E-state index contributed by atoms with van der Waals surface area (Å²) >= 11 is 0. The van der Waals surface area contributed by atoms with Crippen LogP contribution < -0.4 is 21.3 Å². The molecule has 1 fully saturated rings. The van der Waals surface area contributed by atoms with Crippen molar-refractivity contribution in [2.75, 3.05) is 18.5 Å². The topological polar surface area (TPSA) is 160 Å². The van der Waals surface area contributed by atoms with Gasteiger partial charge in [0.1, 0.15) is 11.9 Å². The number of benzene rings is 1. The van der Waals surface area contributed by atoms with Gasteiger partial charge in [-0.15, -0.1) is 0 Å². The summed E-state index contributed by atoms with van der Waals surface area (Å²) in [6.07, 6.45) is 1.33. The number of para-hydroxylation sites is 1. The highest BCUT2D eigenvalue weighted by Crippen LogP contribution is 2.19. The molecule has 0 spiro atoms. The van der Waals surface area contributed by atoms with Crippen LogP contribution in [-0.2, 0) is 33.5 Å². The minimum absolute atomic E-state index is 0.0201. The van der Waals surface area contributed by atoms with Gasteiger partial charge in [-0.05, 0) is 43.7 Å². The van der Waals surface area contributed by atoms with Crippen molar-refractivity contribution in [1.29, 1.82) is 0 Å². The van der Waals surface area contributed by atoms with Crippen LogP contribution in [0.25, 0.3) is 0 Å². The van der Waals surface area contributed by atoms with Crippen molar-refractivity contribution in [3.63, 3.8) is 0 Å². The maximum absolute atomic E-state index is 13.8. The third kappa shape index (κ3) is 9.62. The summed E-state index contributed by atoms with van der Waals surface area (Å²) in [5, 5.41) is 9.75. The van der Waals surface area contributed by atoms with Crippen LogP contribution in [0.2, 0.25) is 0 Å². The fourth-order valence-corrected chi connectivity index (χ4v) is 3.83. The molecule has 1 aliphatic heterocycles. The maximum atomic E-state index is 13.8. The molecule has 0 bridgehead atoms. The minimum atomic E-state index is -1.21. The van der Waals surface area contributed by atoms with Crippen molar-refractivity contribution in [2.45, 2.75) is 58.5 Å². The number of ketones is 1. The number of hydrogen-bond donors (Lipinski definition) is 4. The van der Waals surface area contributed by atoms with Crippen LogP contribution >= 0.6 is 0 Å². The Hall–Kier alpha value is -3.83. The van der Waals surface area contributed by atoms with Crippen LogP contribution in [0.5, 0.6) is 0 Å². The van der Waals surface area contributed by atoms with Gasteiger partial charge in [0.15, 0.2) is 12.4 Å². The number of nitrogens with one attached hydrogen (secondary N) is 4. The van der Waals surface area contributed by atoms with Gasteiger partial charge in [-0.25, -0.2) is 4.39 Å². The molecular formula is C25H33FN4O7. The Balaban J connectivity index is 2.14. The third-order valence-electron chi connectivity index (χ3n) is 5.70. The van der Waals surface area contributed by atoms with E-state index in [1.54, 1.807) is 13.8 Å². The molecule has 4 amide bonds. The molecule has 1 aromatic carbocycles. The van der Waals surface area contributed by atoms with Gasteiger partial charge in [0.25, 0.3) is 0 Å². The van der Waals surface area contributed by atoms with E-state index in [4.69, 9.17) is 4.74 Å². The number of amides is 4. The first kappa shape index (κ1) is 29.4. The van der Waals surface area contributed by atoms with Crippen molar-refractivity contribution in [3.05, 3.63) is 30.1 Å². The normalized spacial score (nSPS) is 16.7. The Morgan fingerprint density at radius 1 is 1.08 bits per heavy atom. The van der Waals surface area contributed by atoms with E-state index in [-0.39, 0.29) is 30.4 Å². The van der Waals surface area contributed by atoms with Gasteiger partial charge in [-0.1, -0.05) is 26.0 Å². The van der Waals surface area contributed by atoms with Gasteiger partial charge in [-0.3, -0.25) is 28.8 Å². The third-order valence-corrected chi connectivity index (χ3v) is 5.70. The molecule has 0 saturated carbocycles. The van der Waals surface area contributed by atoms with Crippen LogP contribution in [-0.4, -0.2) is 60.6 Å². The van der Waals surface area contributed by atoms with Gasteiger partial charge in [0, 0.05) is 19.4 Å².